The molecule has 20 heavy (non-hydrogen) atoms. The van der Waals surface area contributed by atoms with Gasteiger partial charge in [0.2, 0.25) is 0 Å². The summed E-state index contributed by atoms with van der Waals surface area (Å²) in [6.45, 7) is 0. The minimum absolute atomic E-state index is 0.294. The summed E-state index contributed by atoms with van der Waals surface area (Å²) in [7, 11) is 0. The average molecular weight is 269 g/mol. The maximum atomic E-state index is 9.37. The highest BCUT2D eigenvalue weighted by Crippen LogP contribution is 2.47. The van der Waals surface area contributed by atoms with Gasteiger partial charge < -0.3 is 5.73 Å². The highest BCUT2D eigenvalue weighted by atomic mass is 14.7. The molecule has 3 heteroatoms. The lowest BCUT2D eigenvalue weighted by molar-refractivity contribution is 0.0735. The van der Waals surface area contributed by atoms with Crippen molar-refractivity contribution in [2.24, 2.45) is 23.7 Å². The van der Waals surface area contributed by atoms with E-state index in [0.717, 1.165) is 24.4 Å². The number of hydrogen-bond donors (Lipinski definition) is 1. The molecule has 2 aliphatic rings. The number of anilines is 1. The molecule has 4 atom stereocenters. The van der Waals surface area contributed by atoms with E-state index in [-0.39, 0.29) is 0 Å². The highest BCUT2D eigenvalue weighted by Gasteiger charge is 2.40. The van der Waals surface area contributed by atoms with Crippen molar-refractivity contribution in [1.82, 2.24) is 4.98 Å². The minimum atomic E-state index is 0.294. The fraction of sp³-hybridized carbons (Fsp3) is 0.647. The first kappa shape index (κ1) is 13.4. The van der Waals surface area contributed by atoms with Crippen molar-refractivity contribution < 1.29 is 0 Å². The summed E-state index contributed by atoms with van der Waals surface area (Å²) in [4.78, 5) is 4.21. The Morgan fingerprint density at radius 3 is 2.75 bits per heavy atom. The second-order valence-electron chi connectivity index (χ2n) is 6.46. The van der Waals surface area contributed by atoms with Crippen molar-refractivity contribution in [3.05, 3.63) is 24.0 Å². The van der Waals surface area contributed by atoms with Gasteiger partial charge in [-0.15, -0.1) is 0 Å². The molecule has 0 radical (unpaired) electrons. The van der Waals surface area contributed by atoms with Gasteiger partial charge in [-0.25, -0.2) is 0 Å². The van der Waals surface area contributed by atoms with E-state index in [1.54, 1.807) is 6.20 Å². The second-order valence-corrected chi connectivity index (χ2v) is 6.46. The van der Waals surface area contributed by atoms with Crippen LogP contribution in [0, 0.1) is 35.0 Å². The molecule has 106 valence electrons. The number of nitriles is 1. The van der Waals surface area contributed by atoms with Crippen LogP contribution in [0.3, 0.4) is 0 Å². The van der Waals surface area contributed by atoms with E-state index >= 15 is 0 Å². The minimum Gasteiger partial charge on any atom is -0.398 e. The largest absolute Gasteiger partial charge is 0.398 e. The standard InChI is InChI=1S/C17H23N3/c18-10-13-6-5-12(15-3-1-2-4-16(13)15)9-14-11-20-8-7-17(14)19/h7-8,11-13,15-16H,1-6,9H2,(H2,19,20). The van der Waals surface area contributed by atoms with Gasteiger partial charge in [0.05, 0.1) is 6.07 Å². The van der Waals surface area contributed by atoms with Crippen LogP contribution in [0.5, 0.6) is 0 Å². The van der Waals surface area contributed by atoms with Gasteiger partial charge in [0.1, 0.15) is 0 Å². The molecular formula is C17H23N3. The zero-order valence-corrected chi connectivity index (χ0v) is 12.0. The molecule has 2 aliphatic carbocycles. The molecule has 2 fully saturated rings. The van der Waals surface area contributed by atoms with Crippen molar-refractivity contribution in [3.8, 4) is 6.07 Å². The van der Waals surface area contributed by atoms with Gasteiger partial charge in [-0.3, -0.25) is 4.98 Å². The van der Waals surface area contributed by atoms with Crippen molar-refractivity contribution in [2.75, 3.05) is 5.73 Å². The SMILES string of the molecule is N#CC1CCC(Cc2cnccc2N)C2CCCCC12. The highest BCUT2D eigenvalue weighted by molar-refractivity contribution is 5.44. The molecule has 0 bridgehead atoms. The molecular weight excluding hydrogens is 246 g/mol. The molecule has 0 amide bonds. The van der Waals surface area contributed by atoms with Gasteiger partial charge in [-0.2, -0.15) is 5.26 Å². The maximum absolute atomic E-state index is 9.37. The Labute approximate surface area is 121 Å². The average Bonchev–Trinajstić information content (AvgIpc) is 2.50. The van der Waals surface area contributed by atoms with Crippen LogP contribution in [-0.2, 0) is 6.42 Å². The van der Waals surface area contributed by atoms with Gasteiger partial charge in [-0.05, 0) is 61.5 Å². The molecule has 1 aromatic rings. The van der Waals surface area contributed by atoms with Crippen LogP contribution in [0.15, 0.2) is 18.5 Å². The summed E-state index contributed by atoms with van der Waals surface area (Å²) >= 11 is 0. The number of aromatic nitrogens is 1. The summed E-state index contributed by atoms with van der Waals surface area (Å²) in [5, 5.41) is 9.37. The quantitative estimate of drug-likeness (QED) is 0.892. The number of hydrogen-bond acceptors (Lipinski definition) is 3. The predicted molar refractivity (Wildman–Crippen MR) is 79.6 cm³/mol. The molecule has 3 nitrogen and oxygen atoms in total. The van der Waals surface area contributed by atoms with Crippen LogP contribution in [0.1, 0.15) is 44.1 Å². The smallest absolute Gasteiger partial charge is 0.0658 e. The van der Waals surface area contributed by atoms with Crippen molar-refractivity contribution in [3.63, 3.8) is 0 Å². The van der Waals surface area contributed by atoms with E-state index in [4.69, 9.17) is 5.73 Å². The third kappa shape index (κ3) is 2.52. The Morgan fingerprint density at radius 1 is 1.20 bits per heavy atom. The number of nitrogens with two attached hydrogens (primary N) is 1. The Morgan fingerprint density at radius 2 is 2.00 bits per heavy atom. The third-order valence-electron chi connectivity index (χ3n) is 5.43. The molecule has 3 rings (SSSR count). The van der Waals surface area contributed by atoms with E-state index in [9.17, 15) is 5.26 Å². The molecule has 0 saturated heterocycles. The Bertz CT molecular complexity index is 505. The van der Waals surface area contributed by atoms with Gasteiger partial charge in [0.25, 0.3) is 0 Å². The van der Waals surface area contributed by atoms with Crippen LogP contribution in [-0.4, -0.2) is 4.98 Å². The molecule has 2 saturated carbocycles. The lowest BCUT2D eigenvalue weighted by atomic mass is 9.60. The zero-order chi connectivity index (χ0) is 13.9. The summed E-state index contributed by atoms with van der Waals surface area (Å²) in [6, 6.07) is 4.46. The Balaban J connectivity index is 1.77. The molecule has 1 heterocycles. The van der Waals surface area contributed by atoms with E-state index in [2.05, 4.69) is 11.1 Å². The first-order valence-corrected chi connectivity index (χ1v) is 7.87. The third-order valence-corrected chi connectivity index (χ3v) is 5.43. The van der Waals surface area contributed by atoms with Crippen LogP contribution < -0.4 is 5.73 Å². The predicted octanol–water partition coefficient (Wildman–Crippen LogP) is 3.56. The lowest BCUT2D eigenvalue weighted by Gasteiger charge is -2.44. The van der Waals surface area contributed by atoms with Gasteiger partial charge in [0, 0.05) is 24.0 Å². The zero-order valence-electron chi connectivity index (χ0n) is 12.0. The summed E-state index contributed by atoms with van der Waals surface area (Å²) < 4.78 is 0. The first-order chi connectivity index (χ1) is 9.79. The summed E-state index contributed by atoms with van der Waals surface area (Å²) in [6.07, 6.45) is 12.2. The van der Waals surface area contributed by atoms with E-state index in [0.29, 0.717) is 17.8 Å². The van der Waals surface area contributed by atoms with E-state index in [1.165, 1.54) is 37.7 Å². The number of pyridine rings is 1. The Hall–Kier alpha value is -1.56. The molecule has 1 aromatic heterocycles. The van der Waals surface area contributed by atoms with E-state index < -0.39 is 0 Å². The topological polar surface area (TPSA) is 62.7 Å². The van der Waals surface area contributed by atoms with Crippen molar-refractivity contribution in [1.29, 1.82) is 5.26 Å². The molecule has 0 aliphatic heterocycles. The summed E-state index contributed by atoms with van der Waals surface area (Å²) in [5.74, 6) is 2.34. The number of rotatable bonds is 2. The van der Waals surface area contributed by atoms with Crippen LogP contribution in [0.4, 0.5) is 5.69 Å². The number of fused-ring (bicyclic) bond motifs is 1. The maximum Gasteiger partial charge on any atom is 0.0658 e. The normalized spacial score (nSPS) is 33.1. The van der Waals surface area contributed by atoms with Crippen LogP contribution in [0.2, 0.25) is 0 Å². The molecule has 4 unspecified atom stereocenters. The lowest BCUT2D eigenvalue weighted by Crippen LogP contribution is -2.37. The van der Waals surface area contributed by atoms with Crippen molar-refractivity contribution in [2.45, 2.75) is 44.9 Å². The van der Waals surface area contributed by atoms with Crippen molar-refractivity contribution >= 4 is 5.69 Å². The van der Waals surface area contributed by atoms with Gasteiger partial charge >= 0.3 is 0 Å². The fourth-order valence-electron chi connectivity index (χ4n) is 4.40. The number of nitrogens with zero attached hydrogens (tertiary/aromatic N) is 2. The Kier molecular flexibility index (Phi) is 3.91. The van der Waals surface area contributed by atoms with Crippen LogP contribution in [0.25, 0.3) is 0 Å². The molecule has 0 spiro atoms. The van der Waals surface area contributed by atoms with Gasteiger partial charge in [0.15, 0.2) is 0 Å². The van der Waals surface area contributed by atoms with Gasteiger partial charge in [-0.1, -0.05) is 12.8 Å². The monoisotopic (exact) mass is 269 g/mol. The summed E-state index contributed by atoms with van der Waals surface area (Å²) in [5.41, 5.74) is 8.13. The first-order valence-electron chi connectivity index (χ1n) is 7.87. The number of nitrogen functional groups attached to an aromatic ring is 1. The second kappa shape index (κ2) is 5.83. The van der Waals surface area contributed by atoms with E-state index in [1.807, 2.05) is 12.3 Å². The molecule has 0 aromatic carbocycles. The molecule has 2 N–H and O–H groups in total. The fourth-order valence-corrected chi connectivity index (χ4v) is 4.40. The van der Waals surface area contributed by atoms with Crippen LogP contribution >= 0.6 is 0 Å².